The second-order valence-electron chi connectivity index (χ2n) is 8.69. The van der Waals surface area contributed by atoms with Gasteiger partial charge in [0.2, 0.25) is 5.91 Å². The quantitative estimate of drug-likeness (QED) is 0.297. The molecule has 0 saturated heterocycles. The number of para-hydroxylation sites is 1. The Hall–Kier alpha value is -3.03. The van der Waals surface area contributed by atoms with E-state index in [1.54, 1.807) is 29.2 Å². The molecule has 0 aliphatic rings. The average Bonchev–Trinajstić information content (AvgIpc) is 3.26. The minimum absolute atomic E-state index is 0.115. The number of carbonyl (C=O) groups excluding carboxylic acids is 1. The monoisotopic (exact) mass is 492 g/mol. The van der Waals surface area contributed by atoms with Crippen molar-refractivity contribution in [2.75, 3.05) is 10.7 Å². The molecular weight excluding hydrogens is 464 g/mol. The van der Waals surface area contributed by atoms with Crippen molar-refractivity contribution in [2.45, 2.75) is 44.6 Å². The molecule has 4 aromatic rings. The highest BCUT2D eigenvalue weighted by Gasteiger charge is 2.24. The maximum absolute atomic E-state index is 13.4. The summed E-state index contributed by atoms with van der Waals surface area (Å²) in [4.78, 5) is 20.1. The summed E-state index contributed by atoms with van der Waals surface area (Å²) < 4.78 is 26.7. The number of thiazole rings is 1. The van der Waals surface area contributed by atoms with Crippen LogP contribution in [-0.2, 0) is 21.2 Å². The number of aromatic nitrogens is 1. The smallest absolute Gasteiger partial charge is 0.230 e. The van der Waals surface area contributed by atoms with E-state index in [0.29, 0.717) is 17.6 Å². The van der Waals surface area contributed by atoms with E-state index in [-0.39, 0.29) is 23.0 Å². The zero-order valence-corrected chi connectivity index (χ0v) is 21.2. The van der Waals surface area contributed by atoms with Crippen LogP contribution in [0.15, 0.2) is 77.7 Å². The Morgan fingerprint density at radius 3 is 2.35 bits per heavy atom. The van der Waals surface area contributed by atoms with Crippen LogP contribution < -0.4 is 4.90 Å². The normalized spacial score (nSPS) is 11.8. The summed E-state index contributed by atoms with van der Waals surface area (Å²) >= 11 is 1.46. The molecule has 0 aliphatic carbocycles. The highest BCUT2D eigenvalue weighted by Crippen LogP contribution is 2.34. The average molecular weight is 493 g/mol. The highest BCUT2D eigenvalue weighted by atomic mass is 32.2. The number of anilines is 1. The highest BCUT2D eigenvalue weighted by molar-refractivity contribution is 7.91. The van der Waals surface area contributed by atoms with Crippen LogP contribution in [0.25, 0.3) is 10.2 Å². The van der Waals surface area contributed by atoms with Crippen LogP contribution in [0.1, 0.15) is 42.9 Å². The summed E-state index contributed by atoms with van der Waals surface area (Å²) in [5.74, 6) is -0.205. The molecule has 176 valence electrons. The lowest BCUT2D eigenvalue weighted by molar-refractivity contribution is -0.118. The van der Waals surface area contributed by atoms with Gasteiger partial charge in [0.05, 0.1) is 27.4 Å². The molecule has 5 nitrogen and oxygen atoms in total. The molecule has 0 spiro atoms. The molecular formula is C27H28N2O3S2. The first-order valence-corrected chi connectivity index (χ1v) is 13.7. The Morgan fingerprint density at radius 1 is 0.971 bits per heavy atom. The van der Waals surface area contributed by atoms with Crippen LogP contribution in [0, 0.1) is 6.92 Å². The van der Waals surface area contributed by atoms with Crippen LogP contribution >= 0.6 is 11.3 Å². The fraction of sp³-hybridized carbons (Fsp3) is 0.259. The Labute approximate surface area is 205 Å². The van der Waals surface area contributed by atoms with E-state index in [9.17, 15) is 13.2 Å². The Kier molecular flexibility index (Phi) is 7.14. The summed E-state index contributed by atoms with van der Waals surface area (Å²) in [6.45, 7) is 6.48. The molecule has 0 aliphatic heterocycles. The van der Waals surface area contributed by atoms with Crippen molar-refractivity contribution in [3.05, 3.63) is 89.5 Å². The summed E-state index contributed by atoms with van der Waals surface area (Å²) in [6.07, 6.45) is -0.115. The van der Waals surface area contributed by atoms with Crippen molar-refractivity contribution < 1.29 is 13.2 Å². The van der Waals surface area contributed by atoms with E-state index >= 15 is 0 Å². The second kappa shape index (κ2) is 10.1. The molecule has 34 heavy (non-hydrogen) atoms. The van der Waals surface area contributed by atoms with Crippen molar-refractivity contribution in [3.8, 4) is 0 Å². The third-order valence-electron chi connectivity index (χ3n) is 5.74. The number of nitrogens with zero attached hydrogens (tertiary/aromatic N) is 2. The largest absolute Gasteiger partial charge is 0.284 e. The molecule has 7 heteroatoms. The number of aryl methyl sites for hydroxylation is 1. The van der Waals surface area contributed by atoms with E-state index < -0.39 is 9.84 Å². The molecule has 0 fully saturated rings. The van der Waals surface area contributed by atoms with Crippen LogP contribution in [0.3, 0.4) is 0 Å². The predicted octanol–water partition coefficient (Wildman–Crippen LogP) is 6.13. The fourth-order valence-electron chi connectivity index (χ4n) is 3.79. The maximum Gasteiger partial charge on any atom is 0.230 e. The molecule has 0 saturated carbocycles. The van der Waals surface area contributed by atoms with E-state index in [2.05, 4.69) is 19.9 Å². The van der Waals surface area contributed by atoms with Gasteiger partial charge in [0.15, 0.2) is 15.0 Å². The molecule has 0 atom stereocenters. The fourth-order valence-corrected chi connectivity index (χ4v) is 6.03. The van der Waals surface area contributed by atoms with Crippen molar-refractivity contribution in [1.82, 2.24) is 4.98 Å². The van der Waals surface area contributed by atoms with Gasteiger partial charge in [-0.25, -0.2) is 13.4 Å². The summed E-state index contributed by atoms with van der Waals surface area (Å²) in [6, 6.07) is 22.5. The summed E-state index contributed by atoms with van der Waals surface area (Å²) in [5, 5.41) is 0.588. The van der Waals surface area contributed by atoms with Crippen LogP contribution in [0.2, 0.25) is 0 Å². The lowest BCUT2D eigenvalue weighted by Crippen LogP contribution is -2.31. The first kappa shape index (κ1) is 24.1. The van der Waals surface area contributed by atoms with Crippen molar-refractivity contribution >= 4 is 42.4 Å². The SMILES string of the molecule is Cc1ccc(S(=O)(=O)CCC(=O)N(Cc2ccccc2)c2nc3c(C(C)C)cccc3s2)cc1. The van der Waals surface area contributed by atoms with Gasteiger partial charge in [0.1, 0.15) is 0 Å². The third kappa shape index (κ3) is 5.37. The molecule has 0 unspecified atom stereocenters. The van der Waals surface area contributed by atoms with Crippen molar-refractivity contribution in [3.63, 3.8) is 0 Å². The van der Waals surface area contributed by atoms with Crippen molar-refractivity contribution in [1.29, 1.82) is 0 Å². The topological polar surface area (TPSA) is 67.3 Å². The number of hydrogen-bond acceptors (Lipinski definition) is 5. The van der Waals surface area contributed by atoms with Gasteiger partial charge in [-0.1, -0.05) is 85.3 Å². The standard InChI is InChI=1S/C27H28N2O3S2/c1-19(2)23-10-7-11-24-26(23)28-27(33-24)29(18-21-8-5-4-6-9-21)25(30)16-17-34(31,32)22-14-12-20(3)13-15-22/h4-15,19H,16-18H2,1-3H3. The Bertz CT molecular complexity index is 1390. The molecule has 1 aromatic heterocycles. The molecule has 4 rings (SSSR count). The third-order valence-corrected chi connectivity index (χ3v) is 8.52. The van der Waals surface area contributed by atoms with Gasteiger partial charge in [-0.05, 0) is 42.2 Å². The van der Waals surface area contributed by atoms with Crippen LogP contribution in [0.4, 0.5) is 5.13 Å². The number of sulfone groups is 1. The Morgan fingerprint density at radius 2 is 1.68 bits per heavy atom. The predicted molar refractivity (Wildman–Crippen MR) is 139 cm³/mol. The molecule has 0 bridgehead atoms. The zero-order chi connectivity index (χ0) is 24.3. The minimum Gasteiger partial charge on any atom is -0.284 e. The molecule has 0 radical (unpaired) electrons. The first-order valence-electron chi connectivity index (χ1n) is 11.3. The van der Waals surface area contributed by atoms with E-state index in [1.165, 1.54) is 11.3 Å². The van der Waals surface area contributed by atoms with Crippen LogP contribution in [0.5, 0.6) is 0 Å². The van der Waals surface area contributed by atoms with Gasteiger partial charge in [-0.15, -0.1) is 0 Å². The Balaban J connectivity index is 1.63. The lowest BCUT2D eigenvalue weighted by Gasteiger charge is -2.20. The lowest BCUT2D eigenvalue weighted by atomic mass is 10.0. The molecule has 1 amide bonds. The van der Waals surface area contributed by atoms with Gasteiger partial charge in [0.25, 0.3) is 0 Å². The summed E-state index contributed by atoms with van der Waals surface area (Å²) in [7, 11) is -3.57. The van der Waals surface area contributed by atoms with Gasteiger partial charge in [-0.3, -0.25) is 9.69 Å². The van der Waals surface area contributed by atoms with Gasteiger partial charge < -0.3 is 0 Å². The summed E-state index contributed by atoms with van der Waals surface area (Å²) in [5.41, 5.74) is 3.98. The first-order chi connectivity index (χ1) is 16.2. The minimum atomic E-state index is -3.57. The maximum atomic E-state index is 13.4. The van der Waals surface area contributed by atoms with E-state index in [1.807, 2.05) is 49.4 Å². The van der Waals surface area contributed by atoms with E-state index in [0.717, 1.165) is 26.9 Å². The van der Waals surface area contributed by atoms with Gasteiger partial charge >= 0.3 is 0 Å². The number of amides is 1. The second-order valence-corrected chi connectivity index (χ2v) is 11.8. The van der Waals surface area contributed by atoms with E-state index in [4.69, 9.17) is 4.98 Å². The van der Waals surface area contributed by atoms with Crippen molar-refractivity contribution in [2.24, 2.45) is 0 Å². The number of rotatable bonds is 8. The van der Waals surface area contributed by atoms with Crippen LogP contribution in [-0.4, -0.2) is 25.1 Å². The molecule has 0 N–H and O–H groups in total. The molecule has 3 aromatic carbocycles. The molecule has 1 heterocycles. The number of hydrogen-bond donors (Lipinski definition) is 0. The number of benzene rings is 3. The number of carbonyl (C=O) groups is 1. The van der Waals surface area contributed by atoms with Gasteiger partial charge in [0, 0.05) is 6.42 Å². The zero-order valence-electron chi connectivity index (χ0n) is 19.6. The van der Waals surface area contributed by atoms with Gasteiger partial charge in [-0.2, -0.15) is 0 Å². The number of fused-ring (bicyclic) bond motifs is 1.